The van der Waals surface area contributed by atoms with E-state index in [9.17, 15) is 4.79 Å². The van der Waals surface area contributed by atoms with Crippen LogP contribution in [0.3, 0.4) is 0 Å². The van der Waals surface area contributed by atoms with Crippen molar-refractivity contribution in [2.75, 3.05) is 19.6 Å². The Kier molecular flexibility index (Phi) is 3.44. The number of nitrogens with zero attached hydrogens (tertiary/aromatic N) is 1. The molecule has 0 spiro atoms. The smallest absolute Gasteiger partial charge is 0.246 e. The molecule has 0 aromatic rings. The highest BCUT2D eigenvalue weighted by molar-refractivity contribution is 5.88. The maximum atomic E-state index is 11.9. The van der Waals surface area contributed by atoms with E-state index in [1.807, 2.05) is 30.1 Å². The van der Waals surface area contributed by atoms with Crippen LogP contribution in [-0.4, -0.2) is 36.5 Å². The first-order valence-corrected chi connectivity index (χ1v) is 6.04. The number of hydrogen-bond donors (Lipinski definition) is 1. The molecule has 3 heteroatoms. The van der Waals surface area contributed by atoms with E-state index in [-0.39, 0.29) is 5.91 Å². The summed E-state index contributed by atoms with van der Waals surface area (Å²) in [4.78, 5) is 14.0. The average molecular weight is 220 g/mol. The van der Waals surface area contributed by atoms with Crippen molar-refractivity contribution in [3.8, 4) is 0 Å². The van der Waals surface area contributed by atoms with Crippen molar-refractivity contribution < 1.29 is 4.79 Å². The van der Waals surface area contributed by atoms with Crippen molar-refractivity contribution in [2.45, 2.75) is 19.9 Å². The standard InChI is InChI=1S/C13H20N2O/c1-3-4-5-6-13(16)15-9-11-7-14-8-12(11)10(15)2/h3-6,10-12,14H,7-9H2,1-2H3. The van der Waals surface area contributed by atoms with Gasteiger partial charge in [0.15, 0.2) is 0 Å². The van der Waals surface area contributed by atoms with Crippen LogP contribution in [0.25, 0.3) is 0 Å². The highest BCUT2D eigenvalue weighted by Gasteiger charge is 2.42. The molecule has 3 unspecified atom stereocenters. The van der Waals surface area contributed by atoms with Gasteiger partial charge in [-0.05, 0) is 25.7 Å². The second-order valence-corrected chi connectivity index (χ2v) is 4.70. The maximum absolute atomic E-state index is 11.9. The summed E-state index contributed by atoms with van der Waals surface area (Å²) in [5.74, 6) is 1.47. The minimum Gasteiger partial charge on any atom is -0.336 e. The summed E-state index contributed by atoms with van der Waals surface area (Å²) < 4.78 is 0. The number of allylic oxidation sites excluding steroid dienone is 3. The minimum atomic E-state index is 0.153. The third-order valence-electron chi connectivity index (χ3n) is 3.76. The second-order valence-electron chi connectivity index (χ2n) is 4.70. The van der Waals surface area contributed by atoms with E-state index in [0.29, 0.717) is 17.9 Å². The summed E-state index contributed by atoms with van der Waals surface area (Å²) in [7, 11) is 0. The summed E-state index contributed by atoms with van der Waals surface area (Å²) in [6.07, 6.45) is 7.31. The molecule has 88 valence electrons. The lowest BCUT2D eigenvalue weighted by Gasteiger charge is -2.23. The van der Waals surface area contributed by atoms with E-state index in [0.717, 1.165) is 19.6 Å². The first-order chi connectivity index (χ1) is 7.74. The van der Waals surface area contributed by atoms with Gasteiger partial charge >= 0.3 is 0 Å². The van der Waals surface area contributed by atoms with E-state index in [2.05, 4.69) is 12.2 Å². The third kappa shape index (κ3) is 2.05. The lowest BCUT2D eigenvalue weighted by atomic mass is 9.95. The molecule has 0 aromatic carbocycles. The molecule has 0 radical (unpaired) electrons. The molecule has 0 aromatic heterocycles. The van der Waals surface area contributed by atoms with Gasteiger partial charge in [0.25, 0.3) is 0 Å². The molecule has 1 amide bonds. The fourth-order valence-corrected chi connectivity index (χ4v) is 2.80. The molecule has 2 aliphatic heterocycles. The van der Waals surface area contributed by atoms with Gasteiger partial charge in [-0.25, -0.2) is 0 Å². The van der Waals surface area contributed by atoms with E-state index in [1.54, 1.807) is 6.08 Å². The topological polar surface area (TPSA) is 32.3 Å². The van der Waals surface area contributed by atoms with Crippen molar-refractivity contribution in [1.82, 2.24) is 10.2 Å². The summed E-state index contributed by atoms with van der Waals surface area (Å²) in [5, 5.41) is 3.40. The highest BCUT2D eigenvalue weighted by Crippen LogP contribution is 2.32. The quantitative estimate of drug-likeness (QED) is 0.560. The van der Waals surface area contributed by atoms with E-state index < -0.39 is 0 Å². The van der Waals surface area contributed by atoms with Crippen molar-refractivity contribution in [3.63, 3.8) is 0 Å². The molecule has 2 heterocycles. The summed E-state index contributed by atoms with van der Waals surface area (Å²) in [6, 6.07) is 0.378. The molecule has 0 aliphatic carbocycles. The van der Waals surface area contributed by atoms with Gasteiger partial charge < -0.3 is 10.2 Å². The number of amides is 1. The number of hydrogen-bond acceptors (Lipinski definition) is 2. The molecule has 0 saturated carbocycles. The van der Waals surface area contributed by atoms with Crippen LogP contribution in [0.2, 0.25) is 0 Å². The van der Waals surface area contributed by atoms with Gasteiger partial charge in [-0.15, -0.1) is 0 Å². The first kappa shape index (κ1) is 11.4. The third-order valence-corrected chi connectivity index (χ3v) is 3.76. The molecular formula is C13H20N2O. The summed E-state index contributed by atoms with van der Waals surface area (Å²) in [6.45, 7) is 7.16. The van der Waals surface area contributed by atoms with E-state index in [1.165, 1.54) is 0 Å². The fraction of sp³-hybridized carbons (Fsp3) is 0.615. The Balaban J connectivity index is 1.98. The van der Waals surface area contributed by atoms with Crippen LogP contribution in [0.1, 0.15) is 13.8 Å². The zero-order chi connectivity index (χ0) is 11.5. The van der Waals surface area contributed by atoms with Gasteiger partial charge in [0.2, 0.25) is 5.91 Å². The second kappa shape index (κ2) is 4.83. The lowest BCUT2D eigenvalue weighted by Crippen LogP contribution is -2.37. The van der Waals surface area contributed by atoms with Crippen molar-refractivity contribution in [2.24, 2.45) is 11.8 Å². The molecular weight excluding hydrogens is 200 g/mol. The minimum absolute atomic E-state index is 0.153. The van der Waals surface area contributed by atoms with Crippen LogP contribution < -0.4 is 5.32 Å². The van der Waals surface area contributed by atoms with Crippen LogP contribution >= 0.6 is 0 Å². The number of carbonyl (C=O) groups excluding carboxylic acids is 1. The number of rotatable bonds is 2. The van der Waals surface area contributed by atoms with Crippen LogP contribution in [-0.2, 0) is 4.79 Å². The van der Waals surface area contributed by atoms with E-state index >= 15 is 0 Å². The van der Waals surface area contributed by atoms with Crippen LogP contribution in [0.4, 0.5) is 0 Å². The molecule has 1 N–H and O–H groups in total. The zero-order valence-corrected chi connectivity index (χ0v) is 10.0. The van der Waals surface area contributed by atoms with Gasteiger partial charge in [-0.3, -0.25) is 4.79 Å². The Morgan fingerprint density at radius 3 is 2.88 bits per heavy atom. The maximum Gasteiger partial charge on any atom is 0.246 e. The molecule has 3 nitrogen and oxygen atoms in total. The van der Waals surface area contributed by atoms with Gasteiger partial charge in [0, 0.05) is 31.8 Å². The average Bonchev–Trinajstić information content (AvgIpc) is 2.82. The Morgan fingerprint density at radius 2 is 2.19 bits per heavy atom. The van der Waals surface area contributed by atoms with Gasteiger partial charge in [0.1, 0.15) is 0 Å². The van der Waals surface area contributed by atoms with Gasteiger partial charge in [-0.2, -0.15) is 0 Å². The SMILES string of the molecule is CC=CC=CC(=O)N1CC2CNCC2C1C. The van der Waals surface area contributed by atoms with Gasteiger partial charge in [-0.1, -0.05) is 18.2 Å². The predicted octanol–water partition coefficient (Wildman–Crippen LogP) is 1.18. The fourth-order valence-electron chi connectivity index (χ4n) is 2.80. The molecule has 2 fully saturated rings. The molecule has 16 heavy (non-hydrogen) atoms. The first-order valence-electron chi connectivity index (χ1n) is 6.04. The van der Waals surface area contributed by atoms with Crippen molar-refractivity contribution in [3.05, 3.63) is 24.3 Å². The summed E-state index contributed by atoms with van der Waals surface area (Å²) >= 11 is 0. The number of likely N-dealkylation sites (tertiary alicyclic amines) is 1. The molecule has 2 aliphatic rings. The molecule has 0 bridgehead atoms. The van der Waals surface area contributed by atoms with Crippen LogP contribution in [0, 0.1) is 11.8 Å². The number of carbonyl (C=O) groups is 1. The van der Waals surface area contributed by atoms with Crippen molar-refractivity contribution in [1.29, 1.82) is 0 Å². The Hall–Kier alpha value is -1.09. The number of nitrogens with one attached hydrogen (secondary N) is 1. The zero-order valence-electron chi connectivity index (χ0n) is 10.0. The highest BCUT2D eigenvalue weighted by atomic mass is 16.2. The number of fused-ring (bicyclic) bond motifs is 1. The molecule has 2 rings (SSSR count). The molecule has 2 saturated heterocycles. The van der Waals surface area contributed by atoms with Crippen LogP contribution in [0.15, 0.2) is 24.3 Å². The lowest BCUT2D eigenvalue weighted by molar-refractivity contribution is -0.126. The molecule has 3 atom stereocenters. The monoisotopic (exact) mass is 220 g/mol. The van der Waals surface area contributed by atoms with Gasteiger partial charge in [0.05, 0.1) is 0 Å². The largest absolute Gasteiger partial charge is 0.336 e. The normalized spacial score (nSPS) is 34.1. The van der Waals surface area contributed by atoms with Crippen LogP contribution in [0.5, 0.6) is 0 Å². The Bertz CT molecular complexity index is 322. The predicted molar refractivity (Wildman–Crippen MR) is 65.0 cm³/mol. The Labute approximate surface area is 97.2 Å². The van der Waals surface area contributed by atoms with Crippen molar-refractivity contribution >= 4 is 5.91 Å². The van der Waals surface area contributed by atoms with E-state index in [4.69, 9.17) is 0 Å². The Morgan fingerprint density at radius 1 is 1.38 bits per heavy atom. The summed E-state index contributed by atoms with van der Waals surface area (Å²) in [5.41, 5.74) is 0.